The van der Waals surface area contributed by atoms with Gasteiger partial charge in [0, 0.05) is 17.0 Å². The molecule has 5 heteroatoms. The van der Waals surface area contributed by atoms with Crippen molar-refractivity contribution in [3.63, 3.8) is 0 Å². The van der Waals surface area contributed by atoms with Crippen molar-refractivity contribution in [2.45, 2.75) is 13.5 Å². The zero-order valence-electron chi connectivity index (χ0n) is 14.9. The average Bonchev–Trinajstić information content (AvgIpc) is 3.19. The predicted octanol–water partition coefficient (Wildman–Crippen LogP) is 4.14. The first-order chi connectivity index (χ1) is 13.1. The van der Waals surface area contributed by atoms with E-state index in [1.54, 1.807) is 18.2 Å². The highest BCUT2D eigenvalue weighted by atomic mass is 32.1. The van der Waals surface area contributed by atoms with Gasteiger partial charge in [-0.1, -0.05) is 54.1 Å². The SMILES string of the molecule is Cc1cccc(C(=O)N/C(=C\c2cccs2)C(=O)NCc2ccccc2)c1. The van der Waals surface area contributed by atoms with Gasteiger partial charge in [-0.2, -0.15) is 0 Å². The molecular formula is C22H20N2O2S. The standard InChI is InChI=1S/C22H20N2O2S/c1-16-7-5-10-18(13-16)21(25)24-20(14-19-11-6-12-27-19)22(26)23-15-17-8-3-2-4-9-17/h2-14H,15H2,1H3,(H,23,26)(H,24,25)/b20-14-. The smallest absolute Gasteiger partial charge is 0.268 e. The zero-order valence-corrected chi connectivity index (χ0v) is 15.8. The van der Waals surface area contributed by atoms with Gasteiger partial charge in [-0.3, -0.25) is 9.59 Å². The second-order valence-corrected chi connectivity index (χ2v) is 7.04. The van der Waals surface area contributed by atoms with Crippen LogP contribution in [0.4, 0.5) is 0 Å². The summed E-state index contributed by atoms with van der Waals surface area (Å²) in [6, 6.07) is 20.7. The van der Waals surface area contributed by atoms with E-state index < -0.39 is 0 Å². The summed E-state index contributed by atoms with van der Waals surface area (Å²) in [4.78, 5) is 26.2. The number of benzene rings is 2. The molecule has 0 spiro atoms. The lowest BCUT2D eigenvalue weighted by Gasteiger charge is -2.11. The Hall–Kier alpha value is -3.18. The molecule has 2 aromatic carbocycles. The molecule has 0 saturated carbocycles. The molecule has 0 unspecified atom stereocenters. The van der Waals surface area contributed by atoms with Crippen molar-refractivity contribution in [2.24, 2.45) is 0 Å². The summed E-state index contributed by atoms with van der Waals surface area (Å²) in [6.07, 6.45) is 1.69. The van der Waals surface area contributed by atoms with Gasteiger partial charge < -0.3 is 10.6 Å². The first kappa shape index (κ1) is 18.6. The van der Waals surface area contributed by atoms with Gasteiger partial charge in [0.2, 0.25) is 0 Å². The molecule has 27 heavy (non-hydrogen) atoms. The molecule has 1 aromatic heterocycles. The lowest BCUT2D eigenvalue weighted by molar-refractivity contribution is -0.117. The fourth-order valence-electron chi connectivity index (χ4n) is 2.53. The third-order valence-electron chi connectivity index (χ3n) is 3.90. The van der Waals surface area contributed by atoms with Crippen LogP contribution in [0.2, 0.25) is 0 Å². The Kier molecular flexibility index (Phi) is 6.18. The molecule has 1 heterocycles. The Morgan fingerprint density at radius 2 is 1.81 bits per heavy atom. The maximum absolute atomic E-state index is 12.7. The van der Waals surface area contributed by atoms with Crippen molar-refractivity contribution in [1.29, 1.82) is 0 Å². The normalized spacial score (nSPS) is 11.1. The van der Waals surface area contributed by atoms with Gasteiger partial charge in [-0.15, -0.1) is 11.3 Å². The fraction of sp³-hybridized carbons (Fsp3) is 0.0909. The Morgan fingerprint density at radius 3 is 2.52 bits per heavy atom. The van der Waals surface area contributed by atoms with E-state index in [-0.39, 0.29) is 17.5 Å². The number of hydrogen-bond acceptors (Lipinski definition) is 3. The highest BCUT2D eigenvalue weighted by Gasteiger charge is 2.15. The molecule has 2 N–H and O–H groups in total. The minimum absolute atomic E-state index is 0.222. The van der Waals surface area contributed by atoms with Gasteiger partial charge >= 0.3 is 0 Å². The molecule has 0 radical (unpaired) electrons. The number of carbonyl (C=O) groups excluding carboxylic acids is 2. The van der Waals surface area contributed by atoms with E-state index in [0.717, 1.165) is 16.0 Å². The molecule has 136 valence electrons. The second-order valence-electron chi connectivity index (χ2n) is 6.07. The van der Waals surface area contributed by atoms with E-state index in [2.05, 4.69) is 10.6 Å². The molecule has 0 fully saturated rings. The zero-order chi connectivity index (χ0) is 19.1. The highest BCUT2D eigenvalue weighted by molar-refractivity contribution is 7.10. The summed E-state index contributed by atoms with van der Waals surface area (Å²) in [5, 5.41) is 7.54. The third-order valence-corrected chi connectivity index (χ3v) is 4.72. The molecule has 0 bridgehead atoms. The molecule has 0 saturated heterocycles. The van der Waals surface area contributed by atoms with Crippen molar-refractivity contribution >= 4 is 29.2 Å². The van der Waals surface area contributed by atoms with E-state index in [1.165, 1.54) is 11.3 Å². The van der Waals surface area contributed by atoms with Crippen molar-refractivity contribution < 1.29 is 9.59 Å². The highest BCUT2D eigenvalue weighted by Crippen LogP contribution is 2.13. The summed E-state index contributed by atoms with van der Waals surface area (Å²) < 4.78 is 0. The van der Waals surface area contributed by atoms with Crippen LogP contribution in [0, 0.1) is 6.92 Å². The molecule has 3 rings (SSSR count). The topological polar surface area (TPSA) is 58.2 Å². The van der Waals surface area contributed by atoms with Crippen molar-refractivity contribution in [3.8, 4) is 0 Å². The fourth-order valence-corrected chi connectivity index (χ4v) is 3.19. The van der Waals surface area contributed by atoms with E-state index in [0.29, 0.717) is 12.1 Å². The van der Waals surface area contributed by atoms with Gasteiger partial charge in [0.25, 0.3) is 11.8 Å². The summed E-state index contributed by atoms with van der Waals surface area (Å²) in [7, 11) is 0. The molecule has 3 aromatic rings. The van der Waals surface area contributed by atoms with Crippen LogP contribution in [0.3, 0.4) is 0 Å². The molecule has 0 aliphatic rings. The van der Waals surface area contributed by atoms with Gasteiger partial charge in [0.1, 0.15) is 5.70 Å². The second kappa shape index (κ2) is 8.96. The minimum atomic E-state index is -0.326. The van der Waals surface area contributed by atoms with E-state index in [4.69, 9.17) is 0 Å². The van der Waals surface area contributed by atoms with Gasteiger partial charge in [0.05, 0.1) is 0 Å². The molecular weight excluding hydrogens is 356 g/mol. The maximum atomic E-state index is 12.7. The third kappa shape index (κ3) is 5.39. The van der Waals surface area contributed by atoms with Crippen LogP contribution in [0.5, 0.6) is 0 Å². The van der Waals surface area contributed by atoms with Crippen LogP contribution in [0.1, 0.15) is 26.4 Å². The van der Waals surface area contributed by atoms with Crippen molar-refractivity contribution in [3.05, 3.63) is 99.4 Å². The Balaban J connectivity index is 1.76. The van der Waals surface area contributed by atoms with Gasteiger partial charge in [0.15, 0.2) is 0 Å². The monoisotopic (exact) mass is 376 g/mol. The summed E-state index contributed by atoms with van der Waals surface area (Å²) in [5.41, 5.74) is 2.72. The lowest BCUT2D eigenvalue weighted by Crippen LogP contribution is -2.34. The van der Waals surface area contributed by atoms with E-state index in [9.17, 15) is 9.59 Å². The number of aryl methyl sites for hydroxylation is 1. The van der Waals surface area contributed by atoms with E-state index >= 15 is 0 Å². The Bertz CT molecular complexity index is 947. The van der Waals surface area contributed by atoms with Crippen molar-refractivity contribution in [2.75, 3.05) is 0 Å². The van der Waals surface area contributed by atoms with Crippen LogP contribution in [-0.2, 0) is 11.3 Å². The predicted molar refractivity (Wildman–Crippen MR) is 109 cm³/mol. The van der Waals surface area contributed by atoms with Crippen molar-refractivity contribution in [1.82, 2.24) is 10.6 Å². The van der Waals surface area contributed by atoms with Crippen LogP contribution in [-0.4, -0.2) is 11.8 Å². The summed E-state index contributed by atoms with van der Waals surface area (Å²) in [5.74, 6) is -0.635. The molecule has 2 amide bonds. The number of carbonyl (C=O) groups is 2. The first-order valence-electron chi connectivity index (χ1n) is 8.57. The number of amides is 2. The minimum Gasteiger partial charge on any atom is -0.347 e. The van der Waals surface area contributed by atoms with Crippen LogP contribution in [0.15, 0.2) is 77.8 Å². The summed E-state index contributed by atoms with van der Waals surface area (Å²) >= 11 is 1.50. The lowest BCUT2D eigenvalue weighted by atomic mass is 10.1. The molecule has 4 nitrogen and oxygen atoms in total. The van der Waals surface area contributed by atoms with E-state index in [1.807, 2.05) is 66.9 Å². The number of thiophene rings is 1. The molecule has 0 atom stereocenters. The first-order valence-corrected chi connectivity index (χ1v) is 9.45. The maximum Gasteiger partial charge on any atom is 0.268 e. The van der Waals surface area contributed by atoms with Gasteiger partial charge in [-0.05, 0) is 42.1 Å². The molecule has 0 aliphatic heterocycles. The summed E-state index contributed by atoms with van der Waals surface area (Å²) in [6.45, 7) is 2.31. The Labute approximate surface area is 162 Å². The largest absolute Gasteiger partial charge is 0.347 e. The Morgan fingerprint density at radius 1 is 1.00 bits per heavy atom. The van der Waals surface area contributed by atoms with Crippen LogP contribution in [0.25, 0.3) is 6.08 Å². The van der Waals surface area contributed by atoms with Gasteiger partial charge in [-0.25, -0.2) is 0 Å². The quantitative estimate of drug-likeness (QED) is 0.635. The number of rotatable bonds is 6. The van der Waals surface area contributed by atoms with Crippen LogP contribution >= 0.6 is 11.3 Å². The average molecular weight is 376 g/mol. The number of nitrogens with one attached hydrogen (secondary N) is 2. The number of hydrogen-bond donors (Lipinski definition) is 2. The molecule has 0 aliphatic carbocycles. The van der Waals surface area contributed by atoms with Crippen LogP contribution < -0.4 is 10.6 Å².